The maximum atomic E-state index is 12.3. The SMILES string of the molecule is CCNCCC=C(C)c1ccccc1OC(F)(F)F. The van der Waals surface area contributed by atoms with Crippen LogP contribution in [0.4, 0.5) is 13.2 Å². The fraction of sp³-hybridized carbons (Fsp3) is 0.429. The van der Waals surface area contributed by atoms with E-state index >= 15 is 0 Å². The Bertz CT molecular complexity index is 427. The Morgan fingerprint density at radius 2 is 2.00 bits per heavy atom. The van der Waals surface area contributed by atoms with Gasteiger partial charge in [-0.25, -0.2) is 0 Å². The van der Waals surface area contributed by atoms with Crippen molar-refractivity contribution >= 4 is 5.57 Å². The van der Waals surface area contributed by atoms with Crippen molar-refractivity contribution in [2.45, 2.75) is 26.6 Å². The van der Waals surface area contributed by atoms with E-state index in [1.165, 1.54) is 12.1 Å². The Kier molecular flexibility index (Phi) is 5.89. The number of ether oxygens (including phenoxy) is 1. The van der Waals surface area contributed by atoms with E-state index in [2.05, 4.69) is 10.1 Å². The van der Waals surface area contributed by atoms with Crippen LogP contribution in [0.25, 0.3) is 5.57 Å². The van der Waals surface area contributed by atoms with Gasteiger partial charge in [0.25, 0.3) is 0 Å². The maximum Gasteiger partial charge on any atom is 0.573 e. The van der Waals surface area contributed by atoms with Crippen molar-refractivity contribution in [3.63, 3.8) is 0 Å². The van der Waals surface area contributed by atoms with E-state index in [0.29, 0.717) is 5.56 Å². The highest BCUT2D eigenvalue weighted by molar-refractivity contribution is 5.68. The number of allylic oxidation sites excluding steroid dienone is 1. The minimum atomic E-state index is -4.67. The fourth-order valence-corrected chi connectivity index (χ4v) is 1.68. The molecule has 0 fully saturated rings. The predicted octanol–water partition coefficient (Wildman–Crippen LogP) is 3.99. The van der Waals surface area contributed by atoms with Crippen LogP contribution in [0.3, 0.4) is 0 Å². The van der Waals surface area contributed by atoms with Gasteiger partial charge < -0.3 is 10.1 Å². The highest BCUT2D eigenvalue weighted by Gasteiger charge is 2.32. The number of rotatable bonds is 6. The molecule has 1 aromatic rings. The number of hydrogen-bond acceptors (Lipinski definition) is 2. The van der Waals surface area contributed by atoms with Crippen LogP contribution in [-0.2, 0) is 0 Å². The number of halogens is 3. The largest absolute Gasteiger partial charge is 0.573 e. The summed E-state index contributed by atoms with van der Waals surface area (Å²) in [5.74, 6) is -0.160. The van der Waals surface area contributed by atoms with E-state index in [4.69, 9.17) is 0 Å². The minimum absolute atomic E-state index is 0.160. The van der Waals surface area contributed by atoms with E-state index in [-0.39, 0.29) is 5.75 Å². The van der Waals surface area contributed by atoms with Gasteiger partial charge >= 0.3 is 6.36 Å². The summed E-state index contributed by atoms with van der Waals surface area (Å²) in [6.07, 6.45) is -2.00. The third-order valence-electron chi connectivity index (χ3n) is 2.56. The second kappa shape index (κ2) is 7.19. The van der Waals surface area contributed by atoms with Crippen LogP contribution >= 0.6 is 0 Å². The normalized spacial score (nSPS) is 12.6. The van der Waals surface area contributed by atoms with E-state index in [0.717, 1.165) is 25.1 Å². The van der Waals surface area contributed by atoms with E-state index in [1.807, 2.05) is 13.0 Å². The molecular formula is C14H18F3NO. The lowest BCUT2D eigenvalue weighted by Crippen LogP contribution is -2.18. The quantitative estimate of drug-likeness (QED) is 0.791. The summed E-state index contributed by atoms with van der Waals surface area (Å²) in [6.45, 7) is 5.46. The second-order valence-electron chi connectivity index (χ2n) is 4.07. The zero-order valence-corrected chi connectivity index (χ0v) is 11.1. The summed E-state index contributed by atoms with van der Waals surface area (Å²) >= 11 is 0. The summed E-state index contributed by atoms with van der Waals surface area (Å²) < 4.78 is 40.9. The molecule has 0 aromatic heterocycles. The van der Waals surface area contributed by atoms with Gasteiger partial charge in [-0.05, 0) is 38.1 Å². The molecule has 0 radical (unpaired) electrons. The lowest BCUT2D eigenvalue weighted by Gasteiger charge is -2.13. The average molecular weight is 273 g/mol. The fourth-order valence-electron chi connectivity index (χ4n) is 1.68. The lowest BCUT2D eigenvalue weighted by molar-refractivity contribution is -0.274. The van der Waals surface area contributed by atoms with E-state index in [9.17, 15) is 13.2 Å². The Morgan fingerprint density at radius 3 is 2.63 bits per heavy atom. The molecule has 19 heavy (non-hydrogen) atoms. The van der Waals surface area contributed by atoms with Gasteiger partial charge in [0.1, 0.15) is 5.75 Å². The Morgan fingerprint density at radius 1 is 1.32 bits per heavy atom. The maximum absolute atomic E-state index is 12.3. The van der Waals surface area contributed by atoms with Crippen molar-refractivity contribution in [2.75, 3.05) is 13.1 Å². The molecule has 0 spiro atoms. The summed E-state index contributed by atoms with van der Waals surface area (Å²) in [7, 11) is 0. The van der Waals surface area contributed by atoms with Gasteiger partial charge in [0, 0.05) is 5.56 Å². The molecule has 0 atom stereocenters. The molecule has 1 rings (SSSR count). The first-order valence-corrected chi connectivity index (χ1v) is 6.16. The van der Waals surface area contributed by atoms with Crippen molar-refractivity contribution in [1.29, 1.82) is 0 Å². The highest BCUT2D eigenvalue weighted by Crippen LogP contribution is 2.30. The molecule has 1 N–H and O–H groups in total. The summed E-state index contributed by atoms with van der Waals surface area (Å²) in [4.78, 5) is 0. The molecule has 0 heterocycles. The molecule has 0 saturated carbocycles. The molecule has 0 aliphatic rings. The van der Waals surface area contributed by atoms with Crippen LogP contribution in [0.5, 0.6) is 5.75 Å². The summed E-state index contributed by atoms with van der Waals surface area (Å²) in [5.41, 5.74) is 1.24. The second-order valence-corrected chi connectivity index (χ2v) is 4.07. The van der Waals surface area contributed by atoms with E-state index < -0.39 is 6.36 Å². The molecule has 0 bridgehead atoms. The van der Waals surface area contributed by atoms with Crippen molar-refractivity contribution in [1.82, 2.24) is 5.32 Å². The Hall–Kier alpha value is -1.49. The third-order valence-corrected chi connectivity index (χ3v) is 2.56. The van der Waals surface area contributed by atoms with Gasteiger partial charge in [0.15, 0.2) is 0 Å². The van der Waals surface area contributed by atoms with Gasteiger partial charge in [-0.2, -0.15) is 0 Å². The van der Waals surface area contributed by atoms with Crippen molar-refractivity contribution in [3.05, 3.63) is 35.9 Å². The number of hydrogen-bond donors (Lipinski definition) is 1. The zero-order valence-electron chi connectivity index (χ0n) is 11.1. The van der Waals surface area contributed by atoms with Gasteiger partial charge in [-0.1, -0.05) is 31.2 Å². The smallest absolute Gasteiger partial charge is 0.405 e. The molecule has 106 valence electrons. The molecule has 0 aliphatic carbocycles. The number of benzene rings is 1. The van der Waals surface area contributed by atoms with Crippen LogP contribution < -0.4 is 10.1 Å². The predicted molar refractivity (Wildman–Crippen MR) is 69.9 cm³/mol. The number of nitrogens with one attached hydrogen (secondary N) is 1. The standard InChI is InChI=1S/C14H18F3NO/c1-3-18-10-6-7-11(2)12-8-4-5-9-13(12)19-14(15,16)17/h4-5,7-9,18H,3,6,10H2,1-2H3. The summed E-state index contributed by atoms with van der Waals surface area (Å²) in [6, 6.07) is 6.17. The highest BCUT2D eigenvalue weighted by atomic mass is 19.4. The monoisotopic (exact) mass is 273 g/mol. The molecular weight excluding hydrogens is 255 g/mol. The molecule has 0 aliphatic heterocycles. The zero-order chi connectivity index (χ0) is 14.3. The number of para-hydroxylation sites is 1. The molecule has 5 heteroatoms. The average Bonchev–Trinajstić information content (AvgIpc) is 2.33. The van der Waals surface area contributed by atoms with Crippen LogP contribution in [0, 0.1) is 0 Å². The van der Waals surface area contributed by atoms with Gasteiger partial charge in [-0.3, -0.25) is 0 Å². The lowest BCUT2D eigenvalue weighted by atomic mass is 10.1. The van der Waals surface area contributed by atoms with Crippen molar-refractivity contribution in [2.24, 2.45) is 0 Å². The third kappa shape index (κ3) is 5.79. The number of alkyl halides is 3. The van der Waals surface area contributed by atoms with Crippen molar-refractivity contribution in [3.8, 4) is 5.75 Å². The van der Waals surface area contributed by atoms with Crippen molar-refractivity contribution < 1.29 is 17.9 Å². The first kappa shape index (κ1) is 15.6. The van der Waals surface area contributed by atoms with Crippen LogP contribution in [-0.4, -0.2) is 19.5 Å². The van der Waals surface area contributed by atoms with Crippen LogP contribution in [0.15, 0.2) is 30.3 Å². The van der Waals surface area contributed by atoms with Gasteiger partial charge in [0.05, 0.1) is 0 Å². The molecule has 1 aromatic carbocycles. The van der Waals surface area contributed by atoms with Crippen LogP contribution in [0.2, 0.25) is 0 Å². The van der Waals surface area contributed by atoms with Gasteiger partial charge in [0.2, 0.25) is 0 Å². The first-order valence-electron chi connectivity index (χ1n) is 6.16. The Labute approximate surface area is 111 Å². The first-order chi connectivity index (χ1) is 8.94. The molecule has 0 saturated heterocycles. The van der Waals surface area contributed by atoms with E-state index in [1.54, 1.807) is 19.1 Å². The summed E-state index contributed by atoms with van der Waals surface area (Å²) in [5, 5.41) is 3.15. The minimum Gasteiger partial charge on any atom is -0.405 e. The topological polar surface area (TPSA) is 21.3 Å². The molecule has 2 nitrogen and oxygen atoms in total. The van der Waals surface area contributed by atoms with Crippen LogP contribution in [0.1, 0.15) is 25.8 Å². The molecule has 0 unspecified atom stereocenters. The van der Waals surface area contributed by atoms with Gasteiger partial charge in [-0.15, -0.1) is 13.2 Å². The molecule has 0 amide bonds. The Balaban J connectivity index is 2.81.